The second-order valence-corrected chi connectivity index (χ2v) is 8.61. The Labute approximate surface area is 214 Å². The molecule has 37 heavy (non-hydrogen) atoms. The van der Waals surface area contributed by atoms with Crippen molar-refractivity contribution in [2.75, 3.05) is 10.6 Å². The van der Waals surface area contributed by atoms with Crippen LogP contribution in [0.5, 0.6) is 0 Å². The van der Waals surface area contributed by atoms with Gasteiger partial charge in [0.2, 0.25) is 11.9 Å². The molecule has 2 N–H and O–H groups in total. The minimum absolute atomic E-state index is 0.0988. The highest BCUT2D eigenvalue weighted by Crippen LogP contribution is 2.22. The summed E-state index contributed by atoms with van der Waals surface area (Å²) in [5.41, 5.74) is 4.65. The van der Waals surface area contributed by atoms with Crippen molar-refractivity contribution in [2.24, 2.45) is 7.05 Å². The highest BCUT2D eigenvalue weighted by Gasteiger charge is 2.16. The lowest BCUT2D eigenvalue weighted by molar-refractivity contribution is -0.116. The van der Waals surface area contributed by atoms with Gasteiger partial charge in [0.05, 0.1) is 11.9 Å². The molecule has 0 fully saturated rings. The van der Waals surface area contributed by atoms with E-state index in [1.165, 1.54) is 0 Å². The summed E-state index contributed by atoms with van der Waals surface area (Å²) < 4.78 is 3.55. The van der Waals surface area contributed by atoms with E-state index in [4.69, 9.17) is 0 Å². The van der Waals surface area contributed by atoms with Crippen molar-refractivity contribution in [3.8, 4) is 16.8 Å². The fourth-order valence-corrected chi connectivity index (χ4v) is 3.99. The van der Waals surface area contributed by atoms with Crippen LogP contribution in [0.15, 0.2) is 104 Å². The fraction of sp³-hybridized carbons (Fsp3) is 0.103. The summed E-state index contributed by atoms with van der Waals surface area (Å²) in [6.45, 7) is 0. The van der Waals surface area contributed by atoms with Crippen LogP contribution in [-0.2, 0) is 18.3 Å². The molecule has 0 aliphatic rings. The maximum absolute atomic E-state index is 13.2. The summed E-state index contributed by atoms with van der Waals surface area (Å²) in [7, 11) is 1.85. The monoisotopic (exact) mass is 490 g/mol. The van der Waals surface area contributed by atoms with Gasteiger partial charge in [-0.2, -0.15) is 5.10 Å². The number of carbonyl (C=O) groups excluding carboxylic acids is 2. The number of rotatable bonds is 8. The maximum Gasteiger partial charge on any atom is 0.258 e. The third kappa shape index (κ3) is 5.82. The van der Waals surface area contributed by atoms with Crippen LogP contribution in [0.4, 0.5) is 11.6 Å². The number of nitrogens with one attached hydrogen (secondary N) is 2. The Morgan fingerprint density at radius 1 is 0.838 bits per heavy atom. The van der Waals surface area contributed by atoms with Gasteiger partial charge in [0.25, 0.3) is 5.91 Å². The second kappa shape index (κ2) is 10.7. The molecule has 0 bridgehead atoms. The number of nitrogens with zero attached hydrogens (tertiary/aromatic N) is 4. The normalized spacial score (nSPS) is 10.7. The number of benzene rings is 3. The van der Waals surface area contributed by atoms with Crippen molar-refractivity contribution in [1.82, 2.24) is 19.3 Å². The third-order valence-electron chi connectivity index (χ3n) is 5.84. The minimum atomic E-state index is -0.276. The first-order valence-electron chi connectivity index (χ1n) is 11.9. The Bertz CT molecular complexity index is 1520. The molecule has 0 saturated carbocycles. The second-order valence-electron chi connectivity index (χ2n) is 8.61. The van der Waals surface area contributed by atoms with Crippen molar-refractivity contribution in [3.63, 3.8) is 0 Å². The molecule has 0 aliphatic carbocycles. The smallest absolute Gasteiger partial charge is 0.258 e. The van der Waals surface area contributed by atoms with Crippen LogP contribution in [0.1, 0.15) is 22.5 Å². The Morgan fingerprint density at radius 2 is 1.59 bits per heavy atom. The Kier molecular flexibility index (Phi) is 6.89. The zero-order valence-electron chi connectivity index (χ0n) is 20.3. The molecule has 0 radical (unpaired) electrons. The molecular weight excluding hydrogens is 464 g/mol. The molecule has 184 valence electrons. The lowest BCUT2D eigenvalue weighted by Gasteiger charge is -2.09. The van der Waals surface area contributed by atoms with Gasteiger partial charge in [0.15, 0.2) is 0 Å². The predicted molar refractivity (Wildman–Crippen MR) is 144 cm³/mol. The number of amides is 2. The highest BCUT2D eigenvalue weighted by atomic mass is 16.2. The van der Waals surface area contributed by atoms with Gasteiger partial charge < -0.3 is 5.32 Å². The number of para-hydroxylation sites is 2. The predicted octanol–water partition coefficient (Wildman–Crippen LogP) is 5.10. The highest BCUT2D eigenvalue weighted by molar-refractivity contribution is 6.04. The van der Waals surface area contributed by atoms with Crippen LogP contribution in [0.25, 0.3) is 16.8 Å². The van der Waals surface area contributed by atoms with E-state index >= 15 is 0 Å². The summed E-state index contributed by atoms with van der Waals surface area (Å²) in [4.78, 5) is 30.3. The van der Waals surface area contributed by atoms with Gasteiger partial charge in [0.1, 0.15) is 0 Å². The van der Waals surface area contributed by atoms with Crippen molar-refractivity contribution in [2.45, 2.75) is 12.8 Å². The van der Waals surface area contributed by atoms with Gasteiger partial charge in [-0.1, -0.05) is 48.5 Å². The van der Waals surface area contributed by atoms with Crippen LogP contribution >= 0.6 is 0 Å². The van der Waals surface area contributed by atoms with Crippen LogP contribution in [0.2, 0.25) is 0 Å². The number of aryl methyl sites for hydroxylation is 2. The number of anilines is 2. The summed E-state index contributed by atoms with van der Waals surface area (Å²) in [5.74, 6) is 0.0154. The first kappa shape index (κ1) is 23.7. The van der Waals surface area contributed by atoms with Crippen molar-refractivity contribution < 1.29 is 9.59 Å². The molecule has 2 aromatic heterocycles. The van der Waals surface area contributed by atoms with E-state index in [1.807, 2.05) is 103 Å². The quantitative estimate of drug-likeness (QED) is 0.317. The van der Waals surface area contributed by atoms with Crippen LogP contribution < -0.4 is 10.6 Å². The Hall–Kier alpha value is -4.98. The zero-order valence-corrected chi connectivity index (χ0v) is 20.3. The summed E-state index contributed by atoms with van der Waals surface area (Å²) in [6.07, 6.45) is 6.21. The average molecular weight is 491 g/mol. The molecule has 5 rings (SSSR count). The Balaban J connectivity index is 1.34. The van der Waals surface area contributed by atoms with Crippen molar-refractivity contribution >= 4 is 23.5 Å². The molecule has 0 aliphatic heterocycles. The van der Waals surface area contributed by atoms with E-state index < -0.39 is 0 Å². The molecular formula is C29H26N6O2. The van der Waals surface area contributed by atoms with Crippen molar-refractivity contribution in [3.05, 3.63) is 115 Å². The van der Waals surface area contributed by atoms with E-state index in [2.05, 4.69) is 20.7 Å². The van der Waals surface area contributed by atoms with Gasteiger partial charge in [-0.3, -0.25) is 24.2 Å². The molecule has 3 aromatic carbocycles. The standard InChI is InChI=1S/C29H26N6O2/c1-34-19-23(18-30-34)21-9-8-10-22(17-21)28(37)33-29-32-25(20-35(29)26-13-6-3-7-14-26)15-16-27(36)31-24-11-4-2-5-12-24/h2-14,17-20H,15-16H2,1H3,(H,31,36)(H,32,33,37). The van der Waals surface area contributed by atoms with E-state index in [0.717, 1.165) is 22.5 Å². The average Bonchev–Trinajstić information content (AvgIpc) is 3.55. The molecule has 5 aromatic rings. The van der Waals surface area contributed by atoms with Crippen LogP contribution in [-0.4, -0.2) is 31.1 Å². The fourth-order valence-electron chi connectivity index (χ4n) is 3.99. The SMILES string of the molecule is Cn1cc(-c2cccc(C(=O)Nc3nc(CCC(=O)Nc4ccccc4)cn3-c3ccccc3)c2)cn1. The van der Waals surface area contributed by atoms with E-state index in [-0.39, 0.29) is 18.2 Å². The first-order chi connectivity index (χ1) is 18.0. The number of hydrogen-bond acceptors (Lipinski definition) is 4. The minimum Gasteiger partial charge on any atom is -0.326 e. The van der Waals surface area contributed by atoms with Gasteiger partial charge in [-0.25, -0.2) is 4.98 Å². The molecule has 8 nitrogen and oxygen atoms in total. The van der Waals surface area contributed by atoms with Crippen LogP contribution in [0, 0.1) is 0 Å². The third-order valence-corrected chi connectivity index (χ3v) is 5.84. The largest absolute Gasteiger partial charge is 0.326 e. The number of hydrogen-bond donors (Lipinski definition) is 2. The molecule has 0 spiro atoms. The lowest BCUT2D eigenvalue weighted by atomic mass is 10.1. The van der Waals surface area contributed by atoms with Gasteiger partial charge in [0, 0.05) is 54.8 Å². The summed E-state index contributed by atoms with van der Waals surface area (Å²) >= 11 is 0. The molecule has 2 heterocycles. The molecule has 2 amide bonds. The molecule has 0 unspecified atom stereocenters. The maximum atomic E-state index is 13.2. The van der Waals surface area contributed by atoms with Crippen LogP contribution in [0.3, 0.4) is 0 Å². The van der Waals surface area contributed by atoms with Gasteiger partial charge in [-0.15, -0.1) is 0 Å². The summed E-state index contributed by atoms with van der Waals surface area (Å²) in [6, 6.07) is 26.4. The van der Waals surface area contributed by atoms with E-state index in [0.29, 0.717) is 23.6 Å². The zero-order chi connectivity index (χ0) is 25.6. The number of aromatic nitrogens is 4. The number of imidazole rings is 1. The molecule has 8 heteroatoms. The van der Waals surface area contributed by atoms with Gasteiger partial charge in [-0.05, 0) is 42.0 Å². The van der Waals surface area contributed by atoms with E-state index in [1.54, 1.807) is 16.9 Å². The van der Waals surface area contributed by atoms with Crippen molar-refractivity contribution in [1.29, 1.82) is 0 Å². The molecule has 0 atom stereocenters. The topological polar surface area (TPSA) is 93.8 Å². The lowest BCUT2D eigenvalue weighted by Crippen LogP contribution is -2.15. The number of carbonyl (C=O) groups is 2. The summed E-state index contributed by atoms with van der Waals surface area (Å²) in [5, 5.41) is 10.0. The first-order valence-corrected chi connectivity index (χ1v) is 11.9. The molecule has 0 saturated heterocycles. The van der Waals surface area contributed by atoms with Gasteiger partial charge >= 0.3 is 0 Å². The van der Waals surface area contributed by atoms with E-state index in [9.17, 15) is 9.59 Å². The Morgan fingerprint density at radius 3 is 2.32 bits per heavy atom.